The van der Waals surface area contributed by atoms with Crippen LogP contribution in [0.15, 0.2) is 59.1 Å². The molecule has 0 aliphatic carbocycles. The monoisotopic (exact) mass is 495 g/mol. The summed E-state index contributed by atoms with van der Waals surface area (Å²) < 4.78 is 46.1. The second-order valence-electron chi connectivity index (χ2n) is 6.94. The second kappa shape index (κ2) is 10.00. The van der Waals surface area contributed by atoms with Crippen molar-refractivity contribution in [3.8, 4) is 5.75 Å². The minimum Gasteiger partial charge on any atom is -0.489 e. The van der Waals surface area contributed by atoms with Gasteiger partial charge in [-0.05, 0) is 61.4 Å². The van der Waals surface area contributed by atoms with Gasteiger partial charge in [0, 0.05) is 28.8 Å². The summed E-state index contributed by atoms with van der Waals surface area (Å²) in [6.45, 7) is 2.49. The molecule has 3 rings (SSSR count). The number of amides is 1. The third-order valence-electron chi connectivity index (χ3n) is 4.51. The maximum Gasteiger partial charge on any atom is 0.435 e. The van der Waals surface area contributed by atoms with E-state index in [9.17, 15) is 18.0 Å². The first kappa shape index (κ1) is 22.9. The Morgan fingerprint density at radius 2 is 1.90 bits per heavy atom. The van der Waals surface area contributed by atoms with Crippen LogP contribution in [0, 0.1) is 6.92 Å². The lowest BCUT2D eigenvalue weighted by molar-refractivity contribution is -0.141. The van der Waals surface area contributed by atoms with Gasteiger partial charge >= 0.3 is 6.18 Å². The minimum atomic E-state index is -4.46. The molecule has 5 nitrogen and oxygen atoms in total. The molecular weight excluding hydrogens is 475 g/mol. The van der Waals surface area contributed by atoms with Crippen molar-refractivity contribution in [2.24, 2.45) is 0 Å². The molecule has 1 N–H and O–H groups in total. The Morgan fingerprint density at radius 3 is 2.58 bits per heavy atom. The van der Waals surface area contributed by atoms with E-state index in [-0.39, 0.29) is 12.5 Å². The van der Waals surface area contributed by atoms with E-state index in [0.29, 0.717) is 30.8 Å². The number of rotatable bonds is 8. The molecule has 1 heterocycles. The molecule has 0 spiro atoms. The predicted octanol–water partition coefficient (Wildman–Crippen LogP) is 5.37. The molecule has 0 radical (unpaired) electrons. The molecule has 2 aromatic carbocycles. The Morgan fingerprint density at radius 1 is 1.16 bits per heavy atom. The van der Waals surface area contributed by atoms with Crippen LogP contribution in [0.1, 0.15) is 33.7 Å². The summed E-state index contributed by atoms with van der Waals surface area (Å²) in [5.41, 5.74) is 0.863. The summed E-state index contributed by atoms with van der Waals surface area (Å²) >= 11 is 3.37. The molecule has 0 saturated carbocycles. The molecule has 0 aliphatic heterocycles. The van der Waals surface area contributed by atoms with Crippen molar-refractivity contribution in [3.05, 3.63) is 81.6 Å². The van der Waals surface area contributed by atoms with Crippen LogP contribution >= 0.6 is 15.9 Å². The Hall–Kier alpha value is -2.81. The number of halogens is 4. The number of aryl methyl sites for hydroxylation is 2. The van der Waals surface area contributed by atoms with Gasteiger partial charge < -0.3 is 10.1 Å². The smallest absolute Gasteiger partial charge is 0.435 e. The molecular formula is C22H21BrF3N3O2. The van der Waals surface area contributed by atoms with Gasteiger partial charge in [0.25, 0.3) is 5.91 Å². The van der Waals surface area contributed by atoms with Gasteiger partial charge in [0.05, 0.1) is 0 Å². The number of ether oxygens (including phenoxy) is 1. The van der Waals surface area contributed by atoms with Crippen molar-refractivity contribution >= 4 is 21.8 Å². The fourth-order valence-corrected chi connectivity index (χ4v) is 3.17. The maximum absolute atomic E-state index is 12.7. The molecule has 9 heteroatoms. The van der Waals surface area contributed by atoms with Crippen LogP contribution < -0.4 is 10.1 Å². The van der Waals surface area contributed by atoms with Crippen molar-refractivity contribution in [3.63, 3.8) is 0 Å². The van der Waals surface area contributed by atoms with Crippen molar-refractivity contribution in [1.29, 1.82) is 0 Å². The highest BCUT2D eigenvalue weighted by Crippen LogP contribution is 2.28. The molecule has 164 valence electrons. The van der Waals surface area contributed by atoms with Gasteiger partial charge in [0.2, 0.25) is 0 Å². The van der Waals surface area contributed by atoms with Crippen molar-refractivity contribution in [2.45, 2.75) is 32.7 Å². The van der Waals surface area contributed by atoms with Gasteiger partial charge in [-0.2, -0.15) is 18.3 Å². The molecule has 0 aliphatic rings. The molecule has 1 amide bonds. The lowest BCUT2D eigenvalue weighted by Gasteiger charge is -2.09. The van der Waals surface area contributed by atoms with Crippen LogP contribution in [0.5, 0.6) is 5.75 Å². The summed E-state index contributed by atoms with van der Waals surface area (Å²) in [4.78, 5) is 12.4. The zero-order valence-electron chi connectivity index (χ0n) is 16.7. The molecule has 0 atom stereocenters. The van der Waals surface area contributed by atoms with E-state index in [4.69, 9.17) is 4.74 Å². The van der Waals surface area contributed by atoms with Crippen LogP contribution in [0.4, 0.5) is 13.2 Å². The van der Waals surface area contributed by atoms with Crippen LogP contribution in [-0.2, 0) is 19.3 Å². The summed E-state index contributed by atoms with van der Waals surface area (Å²) in [5.74, 6) is 0.472. The first-order chi connectivity index (χ1) is 14.7. The largest absolute Gasteiger partial charge is 0.489 e. The highest BCUT2D eigenvalue weighted by Gasteiger charge is 2.34. The van der Waals surface area contributed by atoms with E-state index in [1.54, 1.807) is 25.1 Å². The van der Waals surface area contributed by atoms with Crippen LogP contribution in [-0.4, -0.2) is 22.2 Å². The van der Waals surface area contributed by atoms with Gasteiger partial charge in [0.15, 0.2) is 5.69 Å². The van der Waals surface area contributed by atoms with Gasteiger partial charge in [-0.15, -0.1) is 0 Å². The second-order valence-corrected chi connectivity index (χ2v) is 7.86. The van der Waals surface area contributed by atoms with Crippen molar-refractivity contribution in [2.75, 3.05) is 6.54 Å². The molecule has 0 bridgehead atoms. The number of nitrogens with one attached hydrogen (secondary N) is 1. The number of carbonyl (C=O) groups excluding carboxylic acids is 1. The van der Waals surface area contributed by atoms with Crippen LogP contribution in [0.25, 0.3) is 0 Å². The van der Waals surface area contributed by atoms with Gasteiger partial charge in [0.1, 0.15) is 12.4 Å². The minimum absolute atomic E-state index is 0.251. The lowest BCUT2D eigenvalue weighted by Crippen LogP contribution is -2.25. The van der Waals surface area contributed by atoms with E-state index >= 15 is 0 Å². The van der Waals surface area contributed by atoms with E-state index < -0.39 is 11.9 Å². The third kappa shape index (κ3) is 6.58. The SMILES string of the molecule is Cc1cc(C(F)(F)F)nn1CCCNC(=O)c1cccc(COc2ccc(Br)cc2)c1. The topological polar surface area (TPSA) is 56.2 Å². The molecule has 0 fully saturated rings. The molecule has 3 aromatic rings. The Balaban J connectivity index is 1.48. The Kier molecular flexibility index (Phi) is 7.37. The van der Waals surface area contributed by atoms with E-state index in [0.717, 1.165) is 21.9 Å². The molecule has 31 heavy (non-hydrogen) atoms. The number of alkyl halides is 3. The summed E-state index contributed by atoms with van der Waals surface area (Å²) in [7, 11) is 0. The molecule has 0 unspecified atom stereocenters. The number of hydrogen-bond donors (Lipinski definition) is 1. The number of nitrogens with zero attached hydrogens (tertiary/aromatic N) is 2. The maximum atomic E-state index is 12.7. The van der Waals surface area contributed by atoms with Crippen LogP contribution in [0.3, 0.4) is 0 Å². The van der Waals surface area contributed by atoms with Crippen molar-refractivity contribution < 1.29 is 22.7 Å². The number of benzene rings is 2. The fourth-order valence-electron chi connectivity index (χ4n) is 2.91. The number of hydrogen-bond acceptors (Lipinski definition) is 3. The lowest BCUT2D eigenvalue weighted by atomic mass is 10.1. The Bertz CT molecular complexity index is 1030. The first-order valence-corrected chi connectivity index (χ1v) is 10.4. The zero-order chi connectivity index (χ0) is 22.4. The van der Waals surface area contributed by atoms with Gasteiger partial charge in [-0.1, -0.05) is 28.1 Å². The summed E-state index contributed by atoms with van der Waals surface area (Å²) in [6.07, 6.45) is -4.01. The summed E-state index contributed by atoms with van der Waals surface area (Å²) in [6, 6.07) is 15.6. The zero-order valence-corrected chi connectivity index (χ0v) is 18.3. The fraction of sp³-hybridized carbons (Fsp3) is 0.273. The predicted molar refractivity (Wildman–Crippen MR) is 114 cm³/mol. The van der Waals surface area contributed by atoms with Gasteiger partial charge in [-0.25, -0.2) is 0 Å². The van der Waals surface area contributed by atoms with Crippen molar-refractivity contribution in [1.82, 2.24) is 15.1 Å². The van der Waals surface area contributed by atoms with E-state index in [2.05, 4.69) is 26.3 Å². The number of carbonyl (C=O) groups is 1. The Labute approximate surface area is 186 Å². The average Bonchev–Trinajstić information content (AvgIpc) is 3.12. The molecule has 0 saturated heterocycles. The highest BCUT2D eigenvalue weighted by atomic mass is 79.9. The normalized spacial score (nSPS) is 11.4. The van der Waals surface area contributed by atoms with Gasteiger partial charge in [-0.3, -0.25) is 9.48 Å². The van der Waals surface area contributed by atoms with Crippen LogP contribution in [0.2, 0.25) is 0 Å². The number of aromatic nitrogens is 2. The third-order valence-corrected chi connectivity index (χ3v) is 5.04. The average molecular weight is 496 g/mol. The quantitative estimate of drug-likeness (QED) is 0.427. The first-order valence-electron chi connectivity index (χ1n) is 9.59. The summed E-state index contributed by atoms with van der Waals surface area (Å²) in [5, 5.41) is 6.36. The standard InChI is InChI=1S/C22H21BrF3N3O2/c1-15-12-20(22(24,25)26)28-29(15)11-3-10-27-21(30)17-5-2-4-16(13-17)14-31-19-8-6-18(23)7-9-19/h2,4-9,12-13H,3,10-11,14H2,1H3,(H,27,30). The van der Waals surface area contributed by atoms with E-state index in [1.165, 1.54) is 4.68 Å². The van der Waals surface area contributed by atoms with E-state index in [1.807, 2.05) is 30.3 Å². The molecule has 1 aromatic heterocycles. The highest BCUT2D eigenvalue weighted by molar-refractivity contribution is 9.10.